The lowest BCUT2D eigenvalue weighted by molar-refractivity contribution is 0.121. The van der Waals surface area contributed by atoms with Gasteiger partial charge in [0.1, 0.15) is 5.82 Å². The molecule has 1 atom stereocenters. The van der Waals surface area contributed by atoms with Crippen molar-refractivity contribution in [1.82, 2.24) is 4.98 Å². The minimum atomic E-state index is 0.304. The molecule has 88 valence electrons. The summed E-state index contributed by atoms with van der Waals surface area (Å²) in [7, 11) is 1.74. The highest BCUT2D eigenvalue weighted by Crippen LogP contribution is 2.23. The van der Waals surface area contributed by atoms with Gasteiger partial charge in [0.2, 0.25) is 0 Å². The van der Waals surface area contributed by atoms with Gasteiger partial charge in [0.15, 0.2) is 0 Å². The van der Waals surface area contributed by atoms with Crippen LogP contribution in [0.1, 0.15) is 12.0 Å². The van der Waals surface area contributed by atoms with Crippen molar-refractivity contribution >= 4 is 17.4 Å². The van der Waals surface area contributed by atoms with Gasteiger partial charge in [0.25, 0.3) is 0 Å². The van der Waals surface area contributed by atoms with Gasteiger partial charge in [-0.1, -0.05) is 11.6 Å². The molecule has 1 unspecified atom stereocenters. The molecule has 4 nitrogen and oxygen atoms in total. The van der Waals surface area contributed by atoms with Gasteiger partial charge in [0.05, 0.1) is 11.1 Å². The Bertz CT molecular complexity index is 372. The summed E-state index contributed by atoms with van der Waals surface area (Å²) in [6.45, 7) is 2.29. The van der Waals surface area contributed by atoms with Crippen LogP contribution in [0.4, 0.5) is 5.82 Å². The van der Waals surface area contributed by atoms with E-state index in [1.54, 1.807) is 13.3 Å². The minimum absolute atomic E-state index is 0.304. The zero-order valence-corrected chi connectivity index (χ0v) is 10.1. The molecule has 0 spiro atoms. The van der Waals surface area contributed by atoms with E-state index in [1.165, 1.54) is 0 Å². The smallest absolute Gasteiger partial charge is 0.128 e. The Labute approximate surface area is 100 Å². The number of hydrogen-bond acceptors (Lipinski definition) is 4. The number of nitrogens with zero attached hydrogens (tertiary/aromatic N) is 2. The van der Waals surface area contributed by atoms with Crippen LogP contribution in [0.3, 0.4) is 0 Å². The predicted molar refractivity (Wildman–Crippen MR) is 64.8 cm³/mol. The van der Waals surface area contributed by atoms with Crippen molar-refractivity contribution in [2.75, 3.05) is 25.1 Å². The first-order valence-corrected chi connectivity index (χ1v) is 5.74. The van der Waals surface area contributed by atoms with Gasteiger partial charge < -0.3 is 15.4 Å². The molecule has 0 aromatic carbocycles. The quantitative estimate of drug-likeness (QED) is 0.870. The molecule has 1 fully saturated rings. The number of nitrogens with two attached hydrogens (primary N) is 1. The van der Waals surface area contributed by atoms with Crippen LogP contribution in [0.15, 0.2) is 12.3 Å². The molecule has 0 aliphatic carbocycles. The SMILES string of the molecule is COC1CCN(c2cc(CN)c(Cl)cn2)C1. The van der Waals surface area contributed by atoms with E-state index < -0.39 is 0 Å². The molecule has 2 heterocycles. The van der Waals surface area contributed by atoms with Crippen molar-refractivity contribution in [3.8, 4) is 0 Å². The van der Waals surface area contributed by atoms with Crippen molar-refractivity contribution in [3.05, 3.63) is 22.8 Å². The van der Waals surface area contributed by atoms with Crippen molar-refractivity contribution in [2.24, 2.45) is 5.73 Å². The number of halogens is 1. The molecule has 0 radical (unpaired) electrons. The number of anilines is 1. The molecule has 0 amide bonds. The van der Waals surface area contributed by atoms with Crippen LogP contribution in [-0.2, 0) is 11.3 Å². The van der Waals surface area contributed by atoms with Gasteiger partial charge in [-0.25, -0.2) is 4.98 Å². The van der Waals surface area contributed by atoms with E-state index in [9.17, 15) is 0 Å². The van der Waals surface area contributed by atoms with Gasteiger partial charge in [-0.05, 0) is 18.1 Å². The Balaban J connectivity index is 2.15. The molecule has 2 N–H and O–H groups in total. The number of methoxy groups -OCH3 is 1. The van der Waals surface area contributed by atoms with Crippen LogP contribution >= 0.6 is 11.6 Å². The summed E-state index contributed by atoms with van der Waals surface area (Å²) in [5.41, 5.74) is 6.55. The lowest BCUT2D eigenvalue weighted by Gasteiger charge is -2.18. The van der Waals surface area contributed by atoms with E-state index in [4.69, 9.17) is 22.1 Å². The average Bonchev–Trinajstić information content (AvgIpc) is 2.78. The maximum absolute atomic E-state index is 5.97. The van der Waals surface area contributed by atoms with Gasteiger partial charge in [-0.3, -0.25) is 0 Å². The monoisotopic (exact) mass is 241 g/mol. The number of rotatable bonds is 3. The summed E-state index contributed by atoms with van der Waals surface area (Å²) in [6.07, 6.45) is 3.01. The molecular weight excluding hydrogens is 226 g/mol. The third kappa shape index (κ3) is 2.29. The number of pyridine rings is 1. The van der Waals surface area contributed by atoms with Gasteiger partial charge in [-0.2, -0.15) is 0 Å². The highest BCUT2D eigenvalue weighted by atomic mass is 35.5. The molecule has 1 saturated heterocycles. The Kier molecular flexibility index (Phi) is 3.63. The summed E-state index contributed by atoms with van der Waals surface area (Å²) in [5, 5.41) is 0.633. The summed E-state index contributed by atoms with van der Waals surface area (Å²) in [5.74, 6) is 0.935. The molecule has 1 aromatic heterocycles. The summed E-state index contributed by atoms with van der Waals surface area (Å²) in [4.78, 5) is 6.52. The molecule has 1 aromatic rings. The van der Waals surface area contributed by atoms with E-state index >= 15 is 0 Å². The van der Waals surface area contributed by atoms with Gasteiger partial charge in [0, 0.05) is 32.9 Å². The molecular formula is C11H16ClN3O. The summed E-state index contributed by atoms with van der Waals surface area (Å²) < 4.78 is 5.32. The predicted octanol–water partition coefficient (Wildman–Crippen LogP) is 1.42. The maximum atomic E-state index is 5.97. The Morgan fingerprint density at radius 1 is 1.69 bits per heavy atom. The third-order valence-electron chi connectivity index (χ3n) is 2.94. The normalized spacial score (nSPS) is 20.4. The van der Waals surface area contributed by atoms with Crippen molar-refractivity contribution in [3.63, 3.8) is 0 Å². The second-order valence-corrected chi connectivity index (χ2v) is 4.34. The average molecular weight is 242 g/mol. The Morgan fingerprint density at radius 2 is 2.50 bits per heavy atom. The number of aromatic nitrogens is 1. The van der Waals surface area contributed by atoms with Crippen LogP contribution < -0.4 is 10.6 Å². The molecule has 2 rings (SSSR count). The number of ether oxygens (including phenoxy) is 1. The lowest BCUT2D eigenvalue weighted by atomic mass is 10.2. The van der Waals surface area contributed by atoms with Gasteiger partial charge >= 0.3 is 0 Å². The highest BCUT2D eigenvalue weighted by Gasteiger charge is 2.23. The second-order valence-electron chi connectivity index (χ2n) is 3.93. The van der Waals surface area contributed by atoms with E-state index in [0.29, 0.717) is 17.7 Å². The zero-order valence-electron chi connectivity index (χ0n) is 9.32. The first-order chi connectivity index (χ1) is 7.74. The van der Waals surface area contributed by atoms with Crippen LogP contribution in [0, 0.1) is 0 Å². The van der Waals surface area contributed by atoms with E-state index in [-0.39, 0.29) is 0 Å². The fraction of sp³-hybridized carbons (Fsp3) is 0.545. The van der Waals surface area contributed by atoms with Crippen LogP contribution in [-0.4, -0.2) is 31.3 Å². The fourth-order valence-electron chi connectivity index (χ4n) is 1.93. The standard InChI is InChI=1S/C11H16ClN3O/c1-16-9-2-3-15(7-9)11-4-8(5-13)10(12)6-14-11/h4,6,9H,2-3,5,7,13H2,1H3. The van der Waals surface area contributed by atoms with Crippen molar-refractivity contribution < 1.29 is 4.74 Å². The molecule has 1 aliphatic heterocycles. The lowest BCUT2D eigenvalue weighted by Crippen LogP contribution is -2.23. The Morgan fingerprint density at radius 3 is 3.12 bits per heavy atom. The molecule has 1 aliphatic rings. The minimum Gasteiger partial charge on any atom is -0.380 e. The first kappa shape index (κ1) is 11.6. The molecule has 0 bridgehead atoms. The Hall–Kier alpha value is -0.840. The van der Waals surface area contributed by atoms with E-state index in [0.717, 1.165) is 30.9 Å². The molecule has 0 saturated carbocycles. The van der Waals surface area contributed by atoms with Crippen LogP contribution in [0.5, 0.6) is 0 Å². The zero-order chi connectivity index (χ0) is 11.5. The van der Waals surface area contributed by atoms with E-state index in [1.807, 2.05) is 6.07 Å². The van der Waals surface area contributed by atoms with Crippen LogP contribution in [0.2, 0.25) is 5.02 Å². The van der Waals surface area contributed by atoms with Crippen molar-refractivity contribution in [1.29, 1.82) is 0 Å². The maximum Gasteiger partial charge on any atom is 0.128 e. The summed E-state index contributed by atoms with van der Waals surface area (Å²) >= 11 is 5.97. The second kappa shape index (κ2) is 4.99. The van der Waals surface area contributed by atoms with Crippen LogP contribution in [0.25, 0.3) is 0 Å². The fourth-order valence-corrected chi connectivity index (χ4v) is 2.11. The van der Waals surface area contributed by atoms with Crippen molar-refractivity contribution in [2.45, 2.75) is 19.1 Å². The largest absolute Gasteiger partial charge is 0.380 e. The molecule has 5 heteroatoms. The van der Waals surface area contributed by atoms with E-state index in [2.05, 4.69) is 9.88 Å². The number of hydrogen-bond donors (Lipinski definition) is 1. The summed E-state index contributed by atoms with van der Waals surface area (Å²) in [6, 6.07) is 1.96. The first-order valence-electron chi connectivity index (χ1n) is 5.37. The topological polar surface area (TPSA) is 51.4 Å². The molecule has 16 heavy (non-hydrogen) atoms. The highest BCUT2D eigenvalue weighted by molar-refractivity contribution is 6.31. The van der Waals surface area contributed by atoms with Gasteiger partial charge in [-0.15, -0.1) is 0 Å². The third-order valence-corrected chi connectivity index (χ3v) is 3.28.